The first kappa shape index (κ1) is 19.7. The Kier molecular flexibility index (Phi) is 5.59. The fourth-order valence-corrected chi connectivity index (χ4v) is 5.82. The molecular weight excluding hydrogens is 374 g/mol. The Labute approximate surface area is 179 Å². The first-order valence-corrected chi connectivity index (χ1v) is 11.8. The van der Waals surface area contributed by atoms with Gasteiger partial charge in [0.25, 0.3) is 0 Å². The lowest BCUT2D eigenvalue weighted by Gasteiger charge is -2.47. The summed E-state index contributed by atoms with van der Waals surface area (Å²) < 4.78 is 1.95. The normalized spacial score (nSPS) is 24.2. The van der Waals surface area contributed by atoms with Gasteiger partial charge >= 0.3 is 0 Å². The zero-order valence-corrected chi connectivity index (χ0v) is 17.9. The zero-order chi connectivity index (χ0) is 20.4. The number of hydrogen-bond donors (Lipinski definition) is 1. The zero-order valence-electron chi connectivity index (χ0n) is 17.9. The van der Waals surface area contributed by atoms with Crippen LogP contribution in [0.15, 0.2) is 30.6 Å². The summed E-state index contributed by atoms with van der Waals surface area (Å²) >= 11 is 0. The van der Waals surface area contributed by atoms with E-state index in [2.05, 4.69) is 20.3 Å². The SMILES string of the molecule is O=C(N[C@@H]1CCCc2c1cnn2-c1ccccn1)C1(N2CCCCC2)CCCCC1. The molecule has 0 unspecified atom stereocenters. The van der Waals surface area contributed by atoms with Crippen LogP contribution < -0.4 is 5.32 Å². The third-order valence-electron chi connectivity index (χ3n) is 7.42. The lowest BCUT2D eigenvalue weighted by Crippen LogP contribution is -2.61. The molecule has 1 saturated carbocycles. The molecule has 1 amide bonds. The van der Waals surface area contributed by atoms with Crippen molar-refractivity contribution in [2.45, 2.75) is 82.2 Å². The van der Waals surface area contributed by atoms with Crippen LogP contribution in [-0.4, -0.2) is 44.2 Å². The van der Waals surface area contributed by atoms with Gasteiger partial charge in [-0.15, -0.1) is 0 Å². The van der Waals surface area contributed by atoms with Gasteiger partial charge in [0, 0.05) is 11.8 Å². The molecule has 0 spiro atoms. The fourth-order valence-electron chi connectivity index (χ4n) is 5.82. The minimum absolute atomic E-state index is 0.0577. The van der Waals surface area contributed by atoms with Crippen molar-refractivity contribution in [3.63, 3.8) is 0 Å². The van der Waals surface area contributed by atoms with E-state index in [0.717, 1.165) is 63.9 Å². The maximum absolute atomic E-state index is 13.8. The smallest absolute Gasteiger partial charge is 0.241 e. The Morgan fingerprint density at radius 3 is 2.60 bits per heavy atom. The second kappa shape index (κ2) is 8.50. The molecule has 30 heavy (non-hydrogen) atoms. The molecule has 1 aliphatic heterocycles. The van der Waals surface area contributed by atoms with E-state index in [9.17, 15) is 4.79 Å². The molecule has 1 atom stereocenters. The van der Waals surface area contributed by atoms with E-state index in [0.29, 0.717) is 0 Å². The molecule has 2 aromatic heterocycles. The van der Waals surface area contributed by atoms with Crippen molar-refractivity contribution in [1.29, 1.82) is 0 Å². The van der Waals surface area contributed by atoms with Crippen molar-refractivity contribution < 1.29 is 4.79 Å². The van der Waals surface area contributed by atoms with Crippen LogP contribution in [0.1, 0.15) is 81.5 Å². The van der Waals surface area contributed by atoms with E-state index in [1.54, 1.807) is 6.20 Å². The van der Waals surface area contributed by atoms with Crippen molar-refractivity contribution in [2.75, 3.05) is 13.1 Å². The summed E-state index contributed by atoms with van der Waals surface area (Å²) in [5, 5.41) is 8.13. The Hall–Kier alpha value is -2.21. The number of pyridine rings is 1. The Morgan fingerprint density at radius 2 is 1.83 bits per heavy atom. The number of rotatable bonds is 4. The van der Waals surface area contributed by atoms with Crippen LogP contribution in [0.2, 0.25) is 0 Å². The molecule has 0 aromatic carbocycles. The van der Waals surface area contributed by atoms with Gasteiger partial charge in [0.2, 0.25) is 5.91 Å². The standard InChI is InChI=1S/C24H33N5O/c30-23(24(13-4-1-5-14-24)28-16-7-2-8-17-28)27-20-10-9-11-21-19(20)18-26-29(21)22-12-3-6-15-25-22/h3,6,12,15,18,20H,1-2,4-5,7-11,13-14,16-17H2,(H,27,30)/t20-/m1/s1. The average molecular weight is 408 g/mol. The van der Waals surface area contributed by atoms with Crippen molar-refractivity contribution in [1.82, 2.24) is 25.0 Å². The molecule has 3 aliphatic rings. The summed E-state index contributed by atoms with van der Waals surface area (Å²) in [4.78, 5) is 20.8. The minimum Gasteiger partial charge on any atom is -0.348 e. The Bertz CT molecular complexity index is 865. The van der Waals surface area contributed by atoms with E-state index < -0.39 is 0 Å². The Morgan fingerprint density at radius 1 is 1.03 bits per heavy atom. The molecule has 6 nitrogen and oxygen atoms in total. The van der Waals surface area contributed by atoms with Gasteiger partial charge in [-0.25, -0.2) is 9.67 Å². The number of nitrogens with one attached hydrogen (secondary N) is 1. The minimum atomic E-state index is -0.298. The number of fused-ring (bicyclic) bond motifs is 1. The predicted octanol–water partition coefficient (Wildman–Crippen LogP) is 3.95. The number of amides is 1. The highest BCUT2D eigenvalue weighted by molar-refractivity contribution is 5.87. The summed E-state index contributed by atoms with van der Waals surface area (Å²) in [5.74, 6) is 1.11. The van der Waals surface area contributed by atoms with Crippen LogP contribution in [0.25, 0.3) is 5.82 Å². The molecule has 160 valence electrons. The second-order valence-electron chi connectivity index (χ2n) is 9.20. The lowest BCUT2D eigenvalue weighted by molar-refractivity contribution is -0.138. The molecule has 0 bridgehead atoms. The van der Waals surface area contributed by atoms with Crippen LogP contribution in [0.4, 0.5) is 0 Å². The maximum atomic E-state index is 13.8. The molecule has 5 rings (SSSR count). The number of carbonyl (C=O) groups excluding carboxylic acids is 1. The largest absolute Gasteiger partial charge is 0.348 e. The van der Waals surface area contributed by atoms with Crippen LogP contribution >= 0.6 is 0 Å². The highest BCUT2D eigenvalue weighted by Gasteiger charge is 2.45. The predicted molar refractivity (Wildman–Crippen MR) is 116 cm³/mol. The van der Waals surface area contributed by atoms with E-state index in [-0.39, 0.29) is 17.5 Å². The van der Waals surface area contributed by atoms with E-state index in [1.807, 2.05) is 29.1 Å². The summed E-state index contributed by atoms with van der Waals surface area (Å²) in [6, 6.07) is 5.96. The van der Waals surface area contributed by atoms with Gasteiger partial charge in [0.15, 0.2) is 5.82 Å². The van der Waals surface area contributed by atoms with Gasteiger partial charge in [-0.2, -0.15) is 5.10 Å². The monoisotopic (exact) mass is 407 g/mol. The van der Waals surface area contributed by atoms with Crippen molar-refractivity contribution in [3.05, 3.63) is 41.9 Å². The van der Waals surface area contributed by atoms with Crippen LogP contribution in [0.3, 0.4) is 0 Å². The number of hydrogen-bond acceptors (Lipinski definition) is 4. The Balaban J connectivity index is 1.39. The van der Waals surface area contributed by atoms with Crippen molar-refractivity contribution in [2.24, 2.45) is 0 Å². The van der Waals surface area contributed by atoms with Crippen LogP contribution in [-0.2, 0) is 11.2 Å². The fraction of sp³-hybridized carbons (Fsp3) is 0.625. The quantitative estimate of drug-likeness (QED) is 0.834. The van der Waals surface area contributed by atoms with Gasteiger partial charge in [-0.05, 0) is 70.2 Å². The number of aromatic nitrogens is 3. The average Bonchev–Trinajstić information content (AvgIpc) is 3.26. The van der Waals surface area contributed by atoms with Gasteiger partial charge < -0.3 is 5.32 Å². The second-order valence-corrected chi connectivity index (χ2v) is 9.20. The third-order valence-corrected chi connectivity index (χ3v) is 7.42. The molecule has 6 heteroatoms. The molecule has 3 heterocycles. The highest BCUT2D eigenvalue weighted by Crippen LogP contribution is 2.38. The summed E-state index contributed by atoms with van der Waals surface area (Å²) in [7, 11) is 0. The summed E-state index contributed by atoms with van der Waals surface area (Å²) in [6.45, 7) is 2.14. The lowest BCUT2D eigenvalue weighted by atomic mass is 9.78. The molecular formula is C24H33N5O. The van der Waals surface area contributed by atoms with Crippen LogP contribution in [0, 0.1) is 0 Å². The van der Waals surface area contributed by atoms with Crippen molar-refractivity contribution >= 4 is 5.91 Å². The van der Waals surface area contributed by atoms with Gasteiger partial charge in [-0.1, -0.05) is 31.7 Å². The first-order valence-electron chi connectivity index (χ1n) is 11.8. The van der Waals surface area contributed by atoms with Crippen LogP contribution in [0.5, 0.6) is 0 Å². The maximum Gasteiger partial charge on any atom is 0.241 e. The molecule has 2 aliphatic carbocycles. The van der Waals surface area contributed by atoms with E-state index in [4.69, 9.17) is 0 Å². The summed E-state index contributed by atoms with van der Waals surface area (Å²) in [5.41, 5.74) is 2.07. The van der Waals surface area contributed by atoms with Gasteiger partial charge in [-0.3, -0.25) is 9.69 Å². The third kappa shape index (κ3) is 3.55. The summed E-state index contributed by atoms with van der Waals surface area (Å²) in [6.07, 6.45) is 16.1. The number of likely N-dealkylation sites (tertiary alicyclic amines) is 1. The molecule has 2 aromatic rings. The molecule has 2 fully saturated rings. The van der Waals surface area contributed by atoms with Crippen molar-refractivity contribution in [3.8, 4) is 5.82 Å². The number of nitrogens with zero attached hydrogens (tertiary/aromatic N) is 4. The number of piperidine rings is 1. The number of carbonyl (C=O) groups is 1. The van der Waals surface area contributed by atoms with E-state index in [1.165, 1.54) is 36.9 Å². The molecule has 1 saturated heterocycles. The molecule has 0 radical (unpaired) electrons. The van der Waals surface area contributed by atoms with E-state index >= 15 is 0 Å². The van der Waals surface area contributed by atoms with Gasteiger partial charge in [0.05, 0.1) is 17.9 Å². The van der Waals surface area contributed by atoms with Gasteiger partial charge in [0.1, 0.15) is 5.54 Å². The topological polar surface area (TPSA) is 63.1 Å². The molecule has 1 N–H and O–H groups in total. The first-order chi connectivity index (χ1) is 14.8. The highest BCUT2D eigenvalue weighted by atomic mass is 16.2.